The average molecular weight is 681 g/mol. The van der Waals surface area contributed by atoms with Crippen molar-refractivity contribution in [3.63, 3.8) is 0 Å². The van der Waals surface area contributed by atoms with E-state index in [1.165, 1.54) is 11.0 Å². The zero-order valence-corrected chi connectivity index (χ0v) is 28.8. The van der Waals surface area contributed by atoms with E-state index in [9.17, 15) is 9.59 Å². The van der Waals surface area contributed by atoms with Crippen LogP contribution in [0.15, 0.2) is 67.1 Å². The third kappa shape index (κ3) is 7.25. The van der Waals surface area contributed by atoms with Gasteiger partial charge in [0.25, 0.3) is 5.91 Å². The molecule has 0 saturated carbocycles. The van der Waals surface area contributed by atoms with Gasteiger partial charge in [0, 0.05) is 67.0 Å². The lowest BCUT2D eigenvalue weighted by molar-refractivity contribution is -0.162. The Balaban J connectivity index is 1.11. The number of fused-ring (bicyclic) bond motifs is 1. The van der Waals surface area contributed by atoms with Gasteiger partial charge in [-0.1, -0.05) is 12.0 Å². The maximum Gasteiger partial charge on any atom is 0.264 e. The lowest BCUT2D eigenvalue weighted by Crippen LogP contribution is -2.68. The van der Waals surface area contributed by atoms with Crippen LogP contribution in [-0.4, -0.2) is 120 Å². The van der Waals surface area contributed by atoms with Crippen LogP contribution < -0.4 is 14.4 Å². The Kier molecular flexibility index (Phi) is 10.0. The maximum atomic E-state index is 15.5. The van der Waals surface area contributed by atoms with E-state index in [-0.39, 0.29) is 25.0 Å². The molecule has 2 aliphatic rings. The van der Waals surface area contributed by atoms with E-state index in [1.54, 1.807) is 43.7 Å². The second-order valence-corrected chi connectivity index (χ2v) is 12.8. The van der Waals surface area contributed by atoms with Gasteiger partial charge >= 0.3 is 0 Å². The molecule has 0 bridgehead atoms. The molecular weight excluding hydrogens is 639 g/mol. The standard InChI is InChI=1S/C37H41FN8O4/c1-6-13-45(29-17-30(49-4)20-31(18-29)50-5)28-9-10-32-33(19-28)41-34(22-39-32)26-21-40-46(23-26)27-11-15-43(16-12-27)36(48)37(38)24-44(25-37)35(47)8-7-14-42(2)3/h1,7-10,17-23,27H,11-16,24-25H2,2-5H3/b8-7+. The molecule has 0 radical (unpaired) electrons. The monoisotopic (exact) mass is 680 g/mol. The van der Waals surface area contributed by atoms with Gasteiger partial charge in [0.15, 0.2) is 0 Å². The summed E-state index contributed by atoms with van der Waals surface area (Å²) >= 11 is 0. The fraction of sp³-hybridized carbons (Fsp3) is 0.378. The van der Waals surface area contributed by atoms with Gasteiger partial charge < -0.3 is 29.1 Å². The van der Waals surface area contributed by atoms with Crippen LogP contribution in [0.3, 0.4) is 0 Å². The molecule has 13 heteroatoms. The topological polar surface area (TPSA) is 109 Å². The van der Waals surface area contributed by atoms with E-state index in [0.29, 0.717) is 61.7 Å². The van der Waals surface area contributed by atoms with Crippen LogP contribution >= 0.6 is 0 Å². The van der Waals surface area contributed by atoms with Crippen molar-refractivity contribution in [3.05, 3.63) is 67.1 Å². The van der Waals surface area contributed by atoms with Gasteiger partial charge in [-0.2, -0.15) is 5.10 Å². The summed E-state index contributed by atoms with van der Waals surface area (Å²) in [6.45, 7) is 1.31. The fourth-order valence-electron chi connectivity index (χ4n) is 6.28. The van der Waals surface area contributed by atoms with Crippen LogP contribution in [0.2, 0.25) is 0 Å². The summed E-state index contributed by atoms with van der Waals surface area (Å²) < 4.78 is 28.3. The summed E-state index contributed by atoms with van der Waals surface area (Å²) in [6.07, 6.45) is 15.6. The number of nitrogens with zero attached hydrogens (tertiary/aromatic N) is 8. The molecule has 0 atom stereocenters. The normalized spacial score (nSPS) is 16.0. The Morgan fingerprint density at radius 2 is 1.74 bits per heavy atom. The van der Waals surface area contributed by atoms with Gasteiger partial charge in [-0.15, -0.1) is 6.42 Å². The predicted molar refractivity (Wildman–Crippen MR) is 189 cm³/mol. The van der Waals surface area contributed by atoms with E-state index in [2.05, 4.69) is 16.0 Å². The molecule has 4 aromatic rings. The maximum absolute atomic E-state index is 15.5. The molecule has 6 rings (SSSR count). The first-order valence-corrected chi connectivity index (χ1v) is 16.4. The van der Waals surface area contributed by atoms with E-state index >= 15 is 4.39 Å². The smallest absolute Gasteiger partial charge is 0.264 e. The number of piperidine rings is 1. The van der Waals surface area contributed by atoms with Crippen molar-refractivity contribution in [1.82, 2.24) is 34.4 Å². The van der Waals surface area contributed by atoms with Crippen LogP contribution in [0.1, 0.15) is 18.9 Å². The Labute approximate surface area is 291 Å². The van der Waals surface area contributed by atoms with Gasteiger partial charge in [-0.05, 0) is 45.1 Å². The van der Waals surface area contributed by atoms with Crippen molar-refractivity contribution in [1.29, 1.82) is 0 Å². The summed E-state index contributed by atoms with van der Waals surface area (Å²) in [5, 5.41) is 4.61. The highest BCUT2D eigenvalue weighted by Crippen LogP contribution is 2.35. The minimum absolute atomic E-state index is 0.0434. The number of aromatic nitrogens is 4. The number of likely N-dealkylation sites (tertiary alicyclic amines) is 2. The molecule has 2 fully saturated rings. The van der Waals surface area contributed by atoms with Gasteiger partial charge in [0.2, 0.25) is 11.6 Å². The van der Waals surface area contributed by atoms with Crippen LogP contribution in [0.25, 0.3) is 22.3 Å². The third-order valence-corrected chi connectivity index (χ3v) is 9.07. The quantitative estimate of drug-likeness (QED) is 0.171. The SMILES string of the molecule is C#CCN(c1cc(OC)cc(OC)c1)c1ccc2ncc(-c3cnn(C4CCN(C(=O)C5(F)CN(C(=O)/C=C/CN(C)C)C5)CC4)c3)nc2c1. The van der Waals surface area contributed by atoms with Gasteiger partial charge in [0.05, 0.1) is 69.0 Å². The third-order valence-electron chi connectivity index (χ3n) is 9.07. The van der Waals surface area contributed by atoms with Crippen LogP contribution in [-0.2, 0) is 9.59 Å². The first kappa shape index (κ1) is 34.4. The minimum atomic E-state index is -2.04. The number of rotatable bonds is 11. The second kappa shape index (κ2) is 14.6. The van der Waals surface area contributed by atoms with E-state index in [4.69, 9.17) is 20.9 Å². The Morgan fingerprint density at radius 1 is 1.02 bits per heavy atom. The van der Waals surface area contributed by atoms with Crippen molar-refractivity contribution >= 4 is 34.2 Å². The predicted octanol–water partition coefficient (Wildman–Crippen LogP) is 4.11. The number of carbonyl (C=O) groups excluding carboxylic acids is 2. The molecule has 260 valence electrons. The number of terminal acetylenes is 1. The van der Waals surface area contributed by atoms with Gasteiger partial charge in [-0.3, -0.25) is 19.3 Å². The molecule has 2 aromatic carbocycles. The Morgan fingerprint density at radius 3 is 2.40 bits per heavy atom. The molecule has 2 saturated heterocycles. The van der Waals surface area contributed by atoms with E-state index in [1.807, 2.05) is 65.1 Å². The van der Waals surface area contributed by atoms with Crippen LogP contribution in [0.5, 0.6) is 11.5 Å². The Bertz CT molecular complexity index is 1920. The number of benzene rings is 2. The highest BCUT2D eigenvalue weighted by atomic mass is 19.1. The number of alkyl halides is 1. The molecule has 4 heterocycles. The van der Waals surface area contributed by atoms with E-state index in [0.717, 1.165) is 22.5 Å². The number of methoxy groups -OCH3 is 2. The first-order chi connectivity index (χ1) is 24.1. The largest absolute Gasteiger partial charge is 0.497 e. The molecule has 2 aromatic heterocycles. The number of ether oxygens (including phenoxy) is 2. The molecule has 0 spiro atoms. The van der Waals surface area contributed by atoms with Crippen molar-refractivity contribution in [2.24, 2.45) is 0 Å². The number of halogens is 1. The van der Waals surface area contributed by atoms with Crippen molar-refractivity contribution in [3.8, 4) is 35.1 Å². The first-order valence-electron chi connectivity index (χ1n) is 16.4. The molecule has 0 N–H and O–H groups in total. The second-order valence-electron chi connectivity index (χ2n) is 12.8. The minimum Gasteiger partial charge on any atom is -0.497 e. The summed E-state index contributed by atoms with van der Waals surface area (Å²) in [5.74, 6) is 3.20. The number of anilines is 2. The molecule has 2 amide bonds. The molecule has 0 aliphatic carbocycles. The average Bonchev–Trinajstić information content (AvgIpc) is 3.62. The van der Waals surface area contributed by atoms with Crippen molar-refractivity contribution in [2.45, 2.75) is 24.6 Å². The van der Waals surface area contributed by atoms with Crippen LogP contribution in [0.4, 0.5) is 15.8 Å². The number of hydrogen-bond acceptors (Lipinski definition) is 9. The Hall–Kier alpha value is -5.48. The van der Waals surface area contributed by atoms with Crippen molar-refractivity contribution in [2.75, 3.05) is 72.5 Å². The summed E-state index contributed by atoms with van der Waals surface area (Å²) in [5.41, 5.74) is 2.51. The van der Waals surface area contributed by atoms with Gasteiger partial charge in [-0.25, -0.2) is 9.37 Å². The zero-order valence-electron chi connectivity index (χ0n) is 28.8. The number of hydrogen-bond donors (Lipinski definition) is 0. The highest BCUT2D eigenvalue weighted by Gasteiger charge is 2.53. The summed E-state index contributed by atoms with van der Waals surface area (Å²) in [6, 6.07) is 11.4. The fourth-order valence-corrected chi connectivity index (χ4v) is 6.28. The van der Waals surface area contributed by atoms with Crippen LogP contribution in [0, 0.1) is 12.3 Å². The molecule has 2 aliphatic heterocycles. The number of carbonyl (C=O) groups is 2. The zero-order chi connectivity index (χ0) is 35.4. The number of amides is 2. The van der Waals surface area contributed by atoms with Crippen molar-refractivity contribution < 1.29 is 23.5 Å². The molecule has 12 nitrogen and oxygen atoms in total. The molecular formula is C37H41FN8O4. The highest BCUT2D eigenvalue weighted by molar-refractivity contribution is 5.93. The summed E-state index contributed by atoms with van der Waals surface area (Å²) in [4.78, 5) is 41.8. The van der Waals surface area contributed by atoms with Gasteiger partial charge in [0.1, 0.15) is 11.5 Å². The lowest BCUT2D eigenvalue weighted by Gasteiger charge is -2.45. The lowest BCUT2D eigenvalue weighted by atomic mass is 9.92. The molecule has 0 unspecified atom stereocenters. The molecule has 50 heavy (non-hydrogen) atoms. The van der Waals surface area contributed by atoms with E-state index < -0.39 is 11.6 Å². The summed E-state index contributed by atoms with van der Waals surface area (Å²) in [7, 11) is 7.00. The number of likely N-dealkylation sites (N-methyl/N-ethyl adjacent to an activating group) is 1.